The van der Waals surface area contributed by atoms with E-state index in [4.69, 9.17) is 0 Å². The highest BCUT2D eigenvalue weighted by molar-refractivity contribution is 5.68. The molecule has 1 amide bonds. The normalized spacial score (nSPS) is 28.1. The van der Waals surface area contributed by atoms with E-state index in [-0.39, 0.29) is 24.7 Å². The Morgan fingerprint density at radius 2 is 2.29 bits per heavy atom. The third kappa shape index (κ3) is 1.59. The molecule has 2 aliphatic rings. The van der Waals surface area contributed by atoms with E-state index in [1.807, 2.05) is 0 Å². The molecule has 0 spiro atoms. The molecule has 1 N–H and O–H groups in total. The first-order valence-electron chi connectivity index (χ1n) is 5.23. The summed E-state index contributed by atoms with van der Waals surface area (Å²) in [6.07, 6.45) is 3.17. The molecule has 0 aromatic rings. The van der Waals surface area contributed by atoms with E-state index >= 15 is 0 Å². The Balaban J connectivity index is 1.93. The fourth-order valence-corrected chi connectivity index (χ4v) is 2.31. The van der Waals surface area contributed by atoms with Crippen LogP contribution in [0.1, 0.15) is 19.3 Å². The lowest BCUT2D eigenvalue weighted by atomic mass is 9.86. The Morgan fingerprint density at radius 3 is 2.64 bits per heavy atom. The Bertz CT molecular complexity index is 227. The highest BCUT2D eigenvalue weighted by Gasteiger charge is 2.44. The van der Waals surface area contributed by atoms with Crippen molar-refractivity contribution in [3.05, 3.63) is 0 Å². The summed E-state index contributed by atoms with van der Waals surface area (Å²) < 4.78 is 4.68. The standard InChI is InChI=1S/C10H17NO3/c1-14-10(13)11-5-4-9(11)8(6-12)7-2-3-7/h7-9,12H,2-6H2,1H3. The fraction of sp³-hybridized carbons (Fsp3) is 0.900. The largest absolute Gasteiger partial charge is 0.453 e. The van der Waals surface area contributed by atoms with Crippen molar-refractivity contribution in [2.24, 2.45) is 11.8 Å². The SMILES string of the molecule is COC(=O)N1CCC1C(CO)C1CC1. The Kier molecular flexibility index (Phi) is 2.63. The first-order valence-corrected chi connectivity index (χ1v) is 5.23. The van der Waals surface area contributed by atoms with Gasteiger partial charge in [-0.25, -0.2) is 4.79 Å². The van der Waals surface area contributed by atoms with Crippen LogP contribution in [0.15, 0.2) is 0 Å². The number of aliphatic hydroxyl groups excluding tert-OH is 1. The molecule has 1 aliphatic carbocycles. The number of hydrogen-bond acceptors (Lipinski definition) is 3. The summed E-state index contributed by atoms with van der Waals surface area (Å²) in [6, 6.07) is 0.222. The first kappa shape index (κ1) is 9.77. The lowest BCUT2D eigenvalue weighted by Crippen LogP contribution is -2.55. The lowest BCUT2D eigenvalue weighted by molar-refractivity contribution is 0.0124. The Labute approximate surface area is 83.8 Å². The minimum Gasteiger partial charge on any atom is -0.453 e. The maximum Gasteiger partial charge on any atom is 0.409 e. The van der Waals surface area contributed by atoms with Gasteiger partial charge < -0.3 is 14.7 Å². The van der Waals surface area contributed by atoms with Crippen LogP contribution in [0.4, 0.5) is 4.79 Å². The van der Waals surface area contributed by atoms with E-state index in [2.05, 4.69) is 4.74 Å². The van der Waals surface area contributed by atoms with Gasteiger partial charge in [0.2, 0.25) is 0 Å². The maximum absolute atomic E-state index is 11.3. The molecule has 1 heterocycles. The van der Waals surface area contributed by atoms with E-state index in [0.29, 0.717) is 5.92 Å². The van der Waals surface area contributed by atoms with Gasteiger partial charge in [0.1, 0.15) is 0 Å². The summed E-state index contributed by atoms with van der Waals surface area (Å²) in [5, 5.41) is 9.27. The molecule has 1 saturated heterocycles. The molecule has 4 nitrogen and oxygen atoms in total. The van der Waals surface area contributed by atoms with Crippen LogP contribution in [0.5, 0.6) is 0 Å². The number of carbonyl (C=O) groups excluding carboxylic acids is 1. The van der Waals surface area contributed by atoms with Gasteiger partial charge in [-0.3, -0.25) is 0 Å². The molecule has 1 saturated carbocycles. The molecular weight excluding hydrogens is 182 g/mol. The predicted octanol–water partition coefficient (Wildman–Crippen LogP) is 0.846. The van der Waals surface area contributed by atoms with E-state index < -0.39 is 0 Å². The van der Waals surface area contributed by atoms with Gasteiger partial charge in [0, 0.05) is 25.1 Å². The fourth-order valence-electron chi connectivity index (χ4n) is 2.31. The lowest BCUT2D eigenvalue weighted by Gasteiger charge is -2.44. The molecule has 2 rings (SSSR count). The van der Waals surface area contributed by atoms with Crippen molar-refractivity contribution < 1.29 is 14.6 Å². The number of likely N-dealkylation sites (tertiary alicyclic amines) is 1. The molecule has 2 unspecified atom stereocenters. The third-order valence-electron chi connectivity index (χ3n) is 3.41. The van der Waals surface area contributed by atoms with E-state index in [1.165, 1.54) is 20.0 Å². The minimum atomic E-state index is -0.250. The van der Waals surface area contributed by atoms with E-state index in [0.717, 1.165) is 13.0 Å². The molecule has 14 heavy (non-hydrogen) atoms. The minimum absolute atomic E-state index is 0.197. The van der Waals surface area contributed by atoms with Crippen LogP contribution in [0.3, 0.4) is 0 Å². The van der Waals surface area contributed by atoms with Crippen molar-refractivity contribution in [2.75, 3.05) is 20.3 Å². The summed E-state index contributed by atoms with van der Waals surface area (Å²) in [5.74, 6) is 0.917. The number of amides is 1. The molecule has 0 aromatic carbocycles. The van der Waals surface area contributed by atoms with Crippen LogP contribution in [-0.4, -0.2) is 42.4 Å². The van der Waals surface area contributed by atoms with Crippen molar-refractivity contribution in [3.8, 4) is 0 Å². The predicted molar refractivity (Wildman–Crippen MR) is 50.8 cm³/mol. The Hall–Kier alpha value is -0.770. The van der Waals surface area contributed by atoms with Crippen LogP contribution < -0.4 is 0 Å². The summed E-state index contributed by atoms with van der Waals surface area (Å²) in [6.45, 7) is 0.976. The highest BCUT2D eigenvalue weighted by Crippen LogP contribution is 2.42. The van der Waals surface area contributed by atoms with E-state index in [9.17, 15) is 9.90 Å². The molecule has 2 atom stereocenters. The van der Waals surface area contributed by atoms with Gasteiger partial charge in [-0.15, -0.1) is 0 Å². The van der Waals surface area contributed by atoms with Crippen molar-refractivity contribution in [2.45, 2.75) is 25.3 Å². The van der Waals surface area contributed by atoms with Gasteiger partial charge in [0.15, 0.2) is 0 Å². The van der Waals surface area contributed by atoms with Crippen LogP contribution in [-0.2, 0) is 4.74 Å². The second-order valence-corrected chi connectivity index (χ2v) is 4.20. The third-order valence-corrected chi connectivity index (χ3v) is 3.41. The van der Waals surface area contributed by atoms with Gasteiger partial charge in [-0.1, -0.05) is 0 Å². The molecule has 0 aromatic heterocycles. The average Bonchev–Trinajstić information content (AvgIpc) is 2.94. The summed E-state index contributed by atoms with van der Waals surface area (Å²) in [5.41, 5.74) is 0. The molecule has 80 valence electrons. The Morgan fingerprint density at radius 1 is 1.57 bits per heavy atom. The second kappa shape index (κ2) is 3.77. The van der Waals surface area contributed by atoms with Gasteiger partial charge in [-0.2, -0.15) is 0 Å². The summed E-state index contributed by atoms with van der Waals surface area (Å²) >= 11 is 0. The van der Waals surface area contributed by atoms with Crippen molar-refractivity contribution in [3.63, 3.8) is 0 Å². The molecule has 0 radical (unpaired) electrons. The monoisotopic (exact) mass is 199 g/mol. The van der Waals surface area contributed by atoms with Crippen LogP contribution >= 0.6 is 0 Å². The van der Waals surface area contributed by atoms with Crippen LogP contribution in [0.2, 0.25) is 0 Å². The quantitative estimate of drug-likeness (QED) is 0.733. The first-order chi connectivity index (χ1) is 6.77. The number of aliphatic hydroxyl groups is 1. The smallest absolute Gasteiger partial charge is 0.409 e. The maximum atomic E-state index is 11.3. The van der Waals surface area contributed by atoms with Gasteiger partial charge in [0.05, 0.1) is 7.11 Å². The van der Waals surface area contributed by atoms with Gasteiger partial charge >= 0.3 is 6.09 Å². The zero-order valence-corrected chi connectivity index (χ0v) is 8.48. The molecule has 0 bridgehead atoms. The molecule has 1 aliphatic heterocycles. The molecule has 2 fully saturated rings. The number of carbonyl (C=O) groups is 1. The highest BCUT2D eigenvalue weighted by atomic mass is 16.5. The van der Waals surface area contributed by atoms with Gasteiger partial charge in [-0.05, 0) is 25.2 Å². The van der Waals surface area contributed by atoms with Crippen molar-refractivity contribution in [1.82, 2.24) is 4.90 Å². The number of rotatable bonds is 3. The molecular formula is C10H17NO3. The second-order valence-electron chi connectivity index (χ2n) is 4.20. The topological polar surface area (TPSA) is 49.8 Å². The van der Waals surface area contributed by atoms with Crippen LogP contribution in [0, 0.1) is 11.8 Å². The number of nitrogens with zero attached hydrogens (tertiary/aromatic N) is 1. The zero-order chi connectivity index (χ0) is 10.1. The zero-order valence-electron chi connectivity index (χ0n) is 8.48. The average molecular weight is 199 g/mol. The van der Waals surface area contributed by atoms with Crippen LogP contribution in [0.25, 0.3) is 0 Å². The molecule has 4 heteroatoms. The summed E-state index contributed by atoms with van der Waals surface area (Å²) in [7, 11) is 1.41. The number of methoxy groups -OCH3 is 1. The number of hydrogen-bond donors (Lipinski definition) is 1. The van der Waals surface area contributed by atoms with Crippen molar-refractivity contribution in [1.29, 1.82) is 0 Å². The summed E-state index contributed by atoms with van der Waals surface area (Å²) in [4.78, 5) is 13.0. The van der Waals surface area contributed by atoms with E-state index in [1.54, 1.807) is 4.90 Å². The number of ether oxygens (including phenoxy) is 1. The van der Waals surface area contributed by atoms with Crippen molar-refractivity contribution >= 4 is 6.09 Å². The van der Waals surface area contributed by atoms with Gasteiger partial charge in [0.25, 0.3) is 0 Å².